The SMILES string of the molecule is CCCCCOc1cc(F)c(-c2ccc3c(F)c(CCc4cc(F)c(F)c(F)c4)ccc3c2)c(F)c1. The van der Waals surface area contributed by atoms with Crippen LogP contribution >= 0.6 is 0 Å². The summed E-state index contributed by atoms with van der Waals surface area (Å²) in [7, 11) is 0. The molecule has 0 heterocycles. The largest absolute Gasteiger partial charge is 0.493 e. The predicted octanol–water partition coefficient (Wildman–Crippen LogP) is 8.70. The van der Waals surface area contributed by atoms with E-state index in [0.29, 0.717) is 17.6 Å². The number of hydrogen-bond acceptors (Lipinski definition) is 1. The first-order valence-corrected chi connectivity index (χ1v) is 11.7. The van der Waals surface area contributed by atoms with Crippen molar-refractivity contribution in [2.24, 2.45) is 0 Å². The average molecular weight is 502 g/mol. The zero-order valence-electron chi connectivity index (χ0n) is 19.6. The lowest BCUT2D eigenvalue weighted by molar-refractivity contribution is 0.303. The second-order valence-corrected chi connectivity index (χ2v) is 8.67. The van der Waals surface area contributed by atoms with Crippen LogP contribution in [-0.2, 0) is 12.8 Å². The molecule has 0 aliphatic rings. The molecular weight excluding hydrogens is 478 g/mol. The Balaban J connectivity index is 1.56. The lowest BCUT2D eigenvalue weighted by atomic mass is 9.96. The van der Waals surface area contributed by atoms with Gasteiger partial charge >= 0.3 is 0 Å². The molecule has 0 unspecified atom stereocenters. The van der Waals surface area contributed by atoms with Crippen molar-refractivity contribution in [2.75, 3.05) is 6.61 Å². The van der Waals surface area contributed by atoms with Gasteiger partial charge in [0.05, 0.1) is 12.2 Å². The Morgan fingerprint density at radius 2 is 1.36 bits per heavy atom. The second-order valence-electron chi connectivity index (χ2n) is 8.67. The minimum Gasteiger partial charge on any atom is -0.493 e. The molecule has 4 aromatic rings. The lowest BCUT2D eigenvalue weighted by Gasteiger charge is -2.12. The molecule has 1 nitrogen and oxygen atoms in total. The molecule has 36 heavy (non-hydrogen) atoms. The number of unbranched alkanes of at least 4 members (excludes halogenated alkanes) is 2. The van der Waals surface area contributed by atoms with Crippen molar-refractivity contribution in [3.63, 3.8) is 0 Å². The van der Waals surface area contributed by atoms with Crippen LogP contribution in [0, 0.1) is 34.9 Å². The standard InChI is InChI=1S/C29H24F6O/c1-2-3-4-11-36-21-15-23(30)27(24(31)16-21)20-9-10-22-19(14-20)8-7-18(28(22)34)6-5-17-12-25(32)29(35)26(33)13-17/h7-10,12-16H,2-6,11H2,1H3. The molecule has 0 N–H and O–H groups in total. The molecule has 4 rings (SSSR count). The van der Waals surface area contributed by atoms with Crippen LogP contribution in [0.25, 0.3) is 21.9 Å². The van der Waals surface area contributed by atoms with Gasteiger partial charge in [0.2, 0.25) is 0 Å². The molecule has 0 atom stereocenters. The van der Waals surface area contributed by atoms with Gasteiger partial charge in [-0.25, -0.2) is 26.3 Å². The average Bonchev–Trinajstić information content (AvgIpc) is 2.84. The molecule has 0 aromatic heterocycles. The third-order valence-corrected chi connectivity index (χ3v) is 6.08. The van der Waals surface area contributed by atoms with E-state index in [4.69, 9.17) is 4.74 Å². The number of benzene rings is 4. The maximum absolute atomic E-state index is 15.1. The summed E-state index contributed by atoms with van der Waals surface area (Å²) in [5, 5.41) is 0.677. The Morgan fingerprint density at radius 3 is 2.03 bits per heavy atom. The number of ether oxygens (including phenoxy) is 1. The van der Waals surface area contributed by atoms with E-state index < -0.39 is 34.9 Å². The second kappa shape index (κ2) is 11.1. The van der Waals surface area contributed by atoms with Crippen LogP contribution in [0.3, 0.4) is 0 Å². The molecule has 7 heteroatoms. The van der Waals surface area contributed by atoms with Gasteiger partial charge in [-0.15, -0.1) is 0 Å². The topological polar surface area (TPSA) is 9.23 Å². The Labute approximate surface area is 205 Å². The van der Waals surface area contributed by atoms with E-state index in [1.807, 2.05) is 6.92 Å². The van der Waals surface area contributed by atoms with Crippen LogP contribution in [0.1, 0.15) is 37.3 Å². The Kier molecular flexibility index (Phi) is 7.87. The van der Waals surface area contributed by atoms with Gasteiger partial charge in [-0.1, -0.05) is 44.0 Å². The highest BCUT2D eigenvalue weighted by Crippen LogP contribution is 2.33. The van der Waals surface area contributed by atoms with Gasteiger partial charge in [-0.3, -0.25) is 0 Å². The Hall–Kier alpha value is -3.48. The molecule has 188 valence electrons. The van der Waals surface area contributed by atoms with Crippen molar-refractivity contribution in [1.29, 1.82) is 0 Å². The number of fused-ring (bicyclic) bond motifs is 1. The van der Waals surface area contributed by atoms with Crippen LogP contribution in [0.5, 0.6) is 5.75 Å². The molecule has 4 aromatic carbocycles. The summed E-state index contributed by atoms with van der Waals surface area (Å²) in [5.74, 6) is -6.14. The van der Waals surface area contributed by atoms with Crippen molar-refractivity contribution in [2.45, 2.75) is 39.0 Å². The fraction of sp³-hybridized carbons (Fsp3) is 0.241. The van der Waals surface area contributed by atoms with Crippen LogP contribution < -0.4 is 4.74 Å². The summed E-state index contributed by atoms with van der Waals surface area (Å²) < 4.78 is 90.2. The fourth-order valence-corrected chi connectivity index (χ4v) is 4.17. The van der Waals surface area contributed by atoms with Gasteiger partial charge in [0, 0.05) is 17.5 Å². The summed E-state index contributed by atoms with van der Waals surface area (Å²) in [6, 6.07) is 11.5. The Morgan fingerprint density at radius 1 is 0.667 bits per heavy atom. The molecule has 0 amide bonds. The Bertz CT molecular complexity index is 1350. The molecular formula is C29H24F6O. The monoisotopic (exact) mass is 502 g/mol. The van der Waals surface area contributed by atoms with E-state index in [9.17, 15) is 22.0 Å². The predicted molar refractivity (Wildman–Crippen MR) is 128 cm³/mol. The van der Waals surface area contributed by atoms with Crippen molar-refractivity contribution in [3.05, 3.63) is 101 Å². The summed E-state index contributed by atoms with van der Waals surface area (Å²) in [4.78, 5) is 0. The van der Waals surface area contributed by atoms with Gasteiger partial charge in [0.15, 0.2) is 17.5 Å². The zero-order chi connectivity index (χ0) is 25.8. The van der Waals surface area contributed by atoms with E-state index in [1.54, 1.807) is 6.07 Å². The van der Waals surface area contributed by atoms with Gasteiger partial charge in [-0.2, -0.15) is 0 Å². The van der Waals surface area contributed by atoms with Gasteiger partial charge in [0.25, 0.3) is 0 Å². The van der Waals surface area contributed by atoms with Crippen molar-refractivity contribution < 1.29 is 31.1 Å². The van der Waals surface area contributed by atoms with Crippen molar-refractivity contribution >= 4 is 10.8 Å². The molecule has 0 saturated heterocycles. The summed E-state index contributed by atoms with van der Waals surface area (Å²) in [6.07, 6.45) is 2.97. The third kappa shape index (κ3) is 5.50. The van der Waals surface area contributed by atoms with Crippen LogP contribution in [0.15, 0.2) is 54.6 Å². The summed E-state index contributed by atoms with van der Waals surface area (Å²) in [6.45, 7) is 2.41. The van der Waals surface area contributed by atoms with Crippen molar-refractivity contribution in [3.8, 4) is 16.9 Å². The maximum atomic E-state index is 15.1. The highest BCUT2D eigenvalue weighted by atomic mass is 19.2. The molecule has 0 aliphatic carbocycles. The minimum atomic E-state index is -1.55. The van der Waals surface area contributed by atoms with E-state index >= 15 is 4.39 Å². The number of rotatable bonds is 9. The van der Waals surface area contributed by atoms with Crippen LogP contribution in [0.2, 0.25) is 0 Å². The summed E-state index contributed by atoms with van der Waals surface area (Å²) >= 11 is 0. The smallest absolute Gasteiger partial charge is 0.194 e. The minimum absolute atomic E-state index is 0.0952. The number of hydrogen-bond donors (Lipinski definition) is 0. The first kappa shape index (κ1) is 25.6. The molecule has 0 spiro atoms. The maximum Gasteiger partial charge on any atom is 0.194 e. The third-order valence-electron chi connectivity index (χ3n) is 6.08. The van der Waals surface area contributed by atoms with Gasteiger partial charge in [-0.05, 0) is 59.5 Å². The van der Waals surface area contributed by atoms with Crippen LogP contribution in [0.4, 0.5) is 26.3 Å². The molecule has 0 bridgehead atoms. The van der Waals surface area contributed by atoms with Crippen LogP contribution in [-0.4, -0.2) is 6.61 Å². The molecule has 0 aliphatic heterocycles. The first-order valence-electron chi connectivity index (χ1n) is 11.7. The van der Waals surface area contributed by atoms with E-state index in [-0.39, 0.29) is 40.7 Å². The molecule has 0 saturated carbocycles. The quantitative estimate of drug-likeness (QED) is 0.126. The fourth-order valence-electron chi connectivity index (χ4n) is 4.17. The highest BCUT2D eigenvalue weighted by molar-refractivity contribution is 5.88. The van der Waals surface area contributed by atoms with Crippen molar-refractivity contribution in [1.82, 2.24) is 0 Å². The van der Waals surface area contributed by atoms with Gasteiger partial charge < -0.3 is 4.74 Å². The zero-order valence-corrected chi connectivity index (χ0v) is 19.6. The molecule has 0 radical (unpaired) electrons. The molecule has 0 fully saturated rings. The first-order chi connectivity index (χ1) is 17.3. The number of aryl methyl sites for hydroxylation is 2. The van der Waals surface area contributed by atoms with E-state index in [2.05, 4.69) is 0 Å². The van der Waals surface area contributed by atoms with Gasteiger partial charge in [0.1, 0.15) is 23.2 Å². The summed E-state index contributed by atoms with van der Waals surface area (Å²) in [5.41, 5.74) is 0.509. The number of halogens is 6. The normalized spacial score (nSPS) is 11.3. The van der Waals surface area contributed by atoms with E-state index in [1.165, 1.54) is 24.3 Å². The van der Waals surface area contributed by atoms with E-state index in [0.717, 1.165) is 43.5 Å². The highest BCUT2D eigenvalue weighted by Gasteiger charge is 2.17. The lowest BCUT2D eigenvalue weighted by Crippen LogP contribution is -2.00.